The highest BCUT2D eigenvalue weighted by Crippen LogP contribution is 2.23. The number of nitro groups is 1. The molecule has 0 bridgehead atoms. The summed E-state index contributed by atoms with van der Waals surface area (Å²) in [7, 11) is 0. The summed E-state index contributed by atoms with van der Waals surface area (Å²) in [6.07, 6.45) is 3.16. The number of hydrazone groups is 1. The predicted octanol–water partition coefficient (Wildman–Crippen LogP) is 3.92. The Morgan fingerprint density at radius 3 is 2.41 bits per heavy atom. The van der Waals surface area contributed by atoms with Gasteiger partial charge in [-0.2, -0.15) is 10.2 Å². The van der Waals surface area contributed by atoms with E-state index in [4.69, 9.17) is 0 Å². The van der Waals surface area contributed by atoms with Gasteiger partial charge in [-0.3, -0.25) is 14.9 Å². The van der Waals surface area contributed by atoms with Crippen LogP contribution in [0.25, 0.3) is 16.9 Å². The fourth-order valence-electron chi connectivity index (χ4n) is 3.05. The van der Waals surface area contributed by atoms with Crippen LogP contribution in [-0.4, -0.2) is 31.9 Å². The van der Waals surface area contributed by atoms with Gasteiger partial charge in [0.05, 0.1) is 22.4 Å². The van der Waals surface area contributed by atoms with Crippen LogP contribution in [0, 0.1) is 10.1 Å². The zero-order valence-electron chi connectivity index (χ0n) is 16.6. The summed E-state index contributed by atoms with van der Waals surface area (Å²) >= 11 is 0. The Bertz CT molecular complexity index is 1300. The number of benzene rings is 3. The van der Waals surface area contributed by atoms with E-state index in [1.807, 2.05) is 30.3 Å². The van der Waals surface area contributed by atoms with Crippen molar-refractivity contribution in [1.82, 2.24) is 15.2 Å². The van der Waals surface area contributed by atoms with Gasteiger partial charge in [0, 0.05) is 29.5 Å². The van der Waals surface area contributed by atoms with Crippen LogP contribution in [0.15, 0.2) is 90.2 Å². The molecular formula is C23H17N5O4. The third-order valence-electron chi connectivity index (χ3n) is 4.63. The van der Waals surface area contributed by atoms with E-state index in [2.05, 4.69) is 15.6 Å². The fourth-order valence-corrected chi connectivity index (χ4v) is 3.05. The van der Waals surface area contributed by atoms with Crippen molar-refractivity contribution in [2.75, 3.05) is 0 Å². The number of carbonyl (C=O) groups is 1. The zero-order valence-corrected chi connectivity index (χ0v) is 16.6. The van der Waals surface area contributed by atoms with E-state index < -0.39 is 10.8 Å². The second kappa shape index (κ2) is 8.92. The Morgan fingerprint density at radius 1 is 1.03 bits per heavy atom. The van der Waals surface area contributed by atoms with Crippen molar-refractivity contribution < 1.29 is 14.8 Å². The molecule has 4 aromatic rings. The molecule has 1 heterocycles. The molecule has 4 rings (SSSR count). The number of nitrogens with one attached hydrogen (secondary N) is 1. The van der Waals surface area contributed by atoms with Gasteiger partial charge in [0.15, 0.2) is 0 Å². The molecule has 0 unspecified atom stereocenters. The van der Waals surface area contributed by atoms with Gasteiger partial charge in [0.25, 0.3) is 11.6 Å². The largest absolute Gasteiger partial charge is 0.507 e. The number of nitro benzene ring substituents is 1. The van der Waals surface area contributed by atoms with Crippen LogP contribution in [-0.2, 0) is 0 Å². The molecule has 0 aliphatic heterocycles. The number of amides is 1. The Labute approximate surface area is 182 Å². The SMILES string of the molecule is O=C(N/N=C\c1cn(-c2ccc([N+](=O)[O-])cc2)nc1-c1ccccc1)c1ccccc1O. The minimum absolute atomic E-state index is 0.0159. The van der Waals surface area contributed by atoms with Crippen molar-refractivity contribution in [1.29, 1.82) is 0 Å². The summed E-state index contributed by atoms with van der Waals surface area (Å²) in [5.74, 6) is -0.695. The van der Waals surface area contributed by atoms with Crippen LogP contribution < -0.4 is 5.43 Å². The number of hydrogen-bond acceptors (Lipinski definition) is 6. The number of phenols is 1. The topological polar surface area (TPSA) is 123 Å². The molecule has 0 saturated heterocycles. The normalized spacial score (nSPS) is 10.9. The van der Waals surface area contributed by atoms with E-state index in [-0.39, 0.29) is 17.0 Å². The van der Waals surface area contributed by atoms with Gasteiger partial charge in [0.2, 0.25) is 0 Å². The van der Waals surface area contributed by atoms with Gasteiger partial charge in [-0.1, -0.05) is 42.5 Å². The van der Waals surface area contributed by atoms with Gasteiger partial charge >= 0.3 is 0 Å². The first-order chi connectivity index (χ1) is 15.5. The van der Waals surface area contributed by atoms with Gasteiger partial charge in [-0.05, 0) is 24.3 Å². The number of carbonyl (C=O) groups excluding carboxylic acids is 1. The van der Waals surface area contributed by atoms with Crippen molar-refractivity contribution in [3.05, 3.63) is 106 Å². The molecule has 0 atom stereocenters. The second-order valence-electron chi connectivity index (χ2n) is 6.73. The first-order valence-electron chi connectivity index (χ1n) is 9.54. The summed E-state index contributed by atoms with van der Waals surface area (Å²) in [6, 6.07) is 21.6. The molecular weight excluding hydrogens is 410 g/mol. The van der Waals surface area contributed by atoms with Gasteiger partial charge in [0.1, 0.15) is 11.4 Å². The first kappa shape index (κ1) is 20.5. The molecule has 9 heteroatoms. The number of aromatic hydroxyl groups is 1. The number of aromatic nitrogens is 2. The predicted molar refractivity (Wildman–Crippen MR) is 119 cm³/mol. The quantitative estimate of drug-likeness (QED) is 0.274. The lowest BCUT2D eigenvalue weighted by Gasteiger charge is -2.02. The lowest BCUT2D eigenvalue weighted by Crippen LogP contribution is -2.17. The Hall–Kier alpha value is -4.79. The molecule has 0 saturated carbocycles. The molecule has 0 spiro atoms. The maximum atomic E-state index is 12.3. The molecule has 9 nitrogen and oxygen atoms in total. The van der Waals surface area contributed by atoms with Crippen LogP contribution >= 0.6 is 0 Å². The number of nitrogens with zero attached hydrogens (tertiary/aromatic N) is 4. The van der Waals surface area contributed by atoms with Gasteiger partial charge < -0.3 is 5.11 Å². The maximum Gasteiger partial charge on any atom is 0.275 e. The van der Waals surface area contributed by atoms with E-state index in [1.54, 1.807) is 35.1 Å². The van der Waals surface area contributed by atoms with Crippen molar-refractivity contribution in [3.63, 3.8) is 0 Å². The highest BCUT2D eigenvalue weighted by Gasteiger charge is 2.13. The molecule has 0 fully saturated rings. The van der Waals surface area contributed by atoms with Crippen molar-refractivity contribution in [2.24, 2.45) is 5.10 Å². The molecule has 3 aromatic carbocycles. The molecule has 0 aliphatic carbocycles. The number of rotatable bonds is 6. The first-order valence-corrected chi connectivity index (χ1v) is 9.54. The Kier molecular flexibility index (Phi) is 5.71. The summed E-state index contributed by atoms with van der Waals surface area (Å²) in [6.45, 7) is 0. The smallest absolute Gasteiger partial charge is 0.275 e. The Morgan fingerprint density at radius 2 is 1.72 bits per heavy atom. The van der Waals surface area contributed by atoms with Crippen molar-refractivity contribution in [2.45, 2.75) is 0 Å². The molecule has 32 heavy (non-hydrogen) atoms. The molecule has 1 aromatic heterocycles. The third-order valence-corrected chi connectivity index (χ3v) is 4.63. The van der Waals surface area contributed by atoms with Crippen LogP contribution in [0.2, 0.25) is 0 Å². The summed E-state index contributed by atoms with van der Waals surface area (Å²) in [4.78, 5) is 22.7. The lowest BCUT2D eigenvalue weighted by atomic mass is 10.1. The average Bonchev–Trinajstić information content (AvgIpc) is 3.24. The van der Waals surface area contributed by atoms with Crippen molar-refractivity contribution in [3.8, 4) is 22.7 Å². The van der Waals surface area contributed by atoms with Crippen LogP contribution in [0.3, 0.4) is 0 Å². The highest BCUT2D eigenvalue weighted by molar-refractivity contribution is 5.97. The highest BCUT2D eigenvalue weighted by atomic mass is 16.6. The molecule has 0 radical (unpaired) electrons. The van der Waals surface area contributed by atoms with Crippen molar-refractivity contribution >= 4 is 17.8 Å². The number of hydrogen-bond donors (Lipinski definition) is 2. The molecule has 158 valence electrons. The third kappa shape index (κ3) is 4.36. The van der Waals surface area contributed by atoms with Gasteiger partial charge in [-0.15, -0.1) is 0 Å². The van der Waals surface area contributed by atoms with Crippen LogP contribution in [0.4, 0.5) is 5.69 Å². The summed E-state index contributed by atoms with van der Waals surface area (Å²) < 4.78 is 1.58. The lowest BCUT2D eigenvalue weighted by molar-refractivity contribution is -0.384. The number of non-ortho nitro benzene ring substituents is 1. The molecule has 0 aliphatic rings. The fraction of sp³-hybridized carbons (Fsp3) is 0. The number of para-hydroxylation sites is 1. The maximum absolute atomic E-state index is 12.3. The van der Waals surface area contributed by atoms with Gasteiger partial charge in [-0.25, -0.2) is 10.1 Å². The van der Waals surface area contributed by atoms with E-state index >= 15 is 0 Å². The molecule has 1 amide bonds. The minimum atomic E-state index is -0.552. The van der Waals surface area contributed by atoms with E-state index in [0.717, 1.165) is 5.56 Å². The standard InChI is InChI=1S/C23H17N5O4/c29-21-9-5-4-8-20(21)23(30)25-24-14-17-15-27(18-10-12-19(13-11-18)28(31)32)26-22(17)16-6-2-1-3-7-16/h1-15,29H,(H,25,30)/b24-14-. The zero-order chi connectivity index (χ0) is 22.5. The van der Waals surface area contributed by atoms with Crippen LogP contribution in [0.5, 0.6) is 5.75 Å². The summed E-state index contributed by atoms with van der Waals surface area (Å²) in [5, 5.41) is 29.3. The number of phenolic OH excluding ortho intramolecular Hbond substituents is 1. The monoisotopic (exact) mass is 427 g/mol. The van der Waals surface area contributed by atoms with E-state index in [0.29, 0.717) is 16.9 Å². The minimum Gasteiger partial charge on any atom is -0.507 e. The van der Waals surface area contributed by atoms with E-state index in [9.17, 15) is 20.0 Å². The second-order valence-corrected chi connectivity index (χ2v) is 6.73. The van der Waals surface area contributed by atoms with E-state index in [1.165, 1.54) is 30.5 Å². The Balaban J connectivity index is 1.64. The summed E-state index contributed by atoms with van der Waals surface area (Å²) in [5.41, 5.74) is 5.18. The molecule has 2 N–H and O–H groups in total. The van der Waals surface area contributed by atoms with Crippen LogP contribution in [0.1, 0.15) is 15.9 Å². The average molecular weight is 427 g/mol.